The first kappa shape index (κ1) is 10.6. The van der Waals surface area contributed by atoms with Gasteiger partial charge in [0.1, 0.15) is 17.4 Å². The summed E-state index contributed by atoms with van der Waals surface area (Å²) in [7, 11) is 3.09. The molecule has 0 radical (unpaired) electrons. The number of aryl methyl sites for hydroxylation is 1. The predicted molar refractivity (Wildman–Crippen MR) is 57.4 cm³/mol. The lowest BCUT2D eigenvalue weighted by molar-refractivity contribution is 0.113. The molecule has 1 atom stereocenters. The van der Waals surface area contributed by atoms with Crippen LogP contribution in [0.4, 0.5) is 0 Å². The molecule has 2 aromatic heterocycles. The van der Waals surface area contributed by atoms with Crippen molar-refractivity contribution >= 4 is 11.2 Å². The van der Waals surface area contributed by atoms with Crippen LogP contribution in [-0.2, 0) is 11.8 Å². The van der Waals surface area contributed by atoms with Gasteiger partial charge in [-0.3, -0.25) is 14.3 Å². The van der Waals surface area contributed by atoms with Crippen molar-refractivity contribution in [3.63, 3.8) is 0 Å². The Hall–Kier alpha value is -1.89. The lowest BCUT2D eigenvalue weighted by Crippen LogP contribution is -2.28. The molecule has 0 spiro atoms. The van der Waals surface area contributed by atoms with E-state index < -0.39 is 11.2 Å². The van der Waals surface area contributed by atoms with Crippen molar-refractivity contribution in [2.45, 2.75) is 13.0 Å². The van der Waals surface area contributed by atoms with E-state index in [9.17, 15) is 9.59 Å². The molecule has 0 saturated heterocycles. The summed E-state index contributed by atoms with van der Waals surface area (Å²) in [5.41, 5.74) is -0.352. The van der Waals surface area contributed by atoms with Crippen molar-refractivity contribution in [2.75, 3.05) is 7.11 Å². The standard InChI is InChI=1S/C9H12N4O3/c1-4(16-3)6-10-5-7(11-6)13(2)9(15)12-8(5)14/h4H,1-3H3,(H,10,11)(H,12,14,15). The molecule has 0 aromatic carbocycles. The topological polar surface area (TPSA) is 92.8 Å². The maximum Gasteiger partial charge on any atom is 0.329 e. The van der Waals surface area contributed by atoms with Gasteiger partial charge in [-0.2, -0.15) is 0 Å². The summed E-state index contributed by atoms with van der Waals surface area (Å²) in [6.07, 6.45) is -0.262. The van der Waals surface area contributed by atoms with Crippen LogP contribution < -0.4 is 11.2 Å². The maximum atomic E-state index is 11.5. The molecule has 16 heavy (non-hydrogen) atoms. The number of nitrogens with one attached hydrogen (secondary N) is 2. The van der Waals surface area contributed by atoms with Crippen molar-refractivity contribution in [2.24, 2.45) is 7.05 Å². The number of imidazole rings is 1. The molecule has 2 N–H and O–H groups in total. The van der Waals surface area contributed by atoms with E-state index in [2.05, 4.69) is 15.0 Å². The molecular weight excluding hydrogens is 212 g/mol. The summed E-state index contributed by atoms with van der Waals surface area (Å²) in [5.74, 6) is 0.518. The quantitative estimate of drug-likeness (QED) is 0.729. The number of methoxy groups -OCH3 is 1. The van der Waals surface area contributed by atoms with Gasteiger partial charge in [-0.25, -0.2) is 9.78 Å². The van der Waals surface area contributed by atoms with Gasteiger partial charge in [0.15, 0.2) is 5.65 Å². The minimum atomic E-state index is -0.486. The third kappa shape index (κ3) is 1.45. The van der Waals surface area contributed by atoms with E-state index in [4.69, 9.17) is 4.74 Å². The Labute approximate surface area is 90.1 Å². The van der Waals surface area contributed by atoms with E-state index in [1.807, 2.05) is 0 Å². The van der Waals surface area contributed by atoms with E-state index >= 15 is 0 Å². The molecule has 2 heterocycles. The summed E-state index contributed by atoms with van der Waals surface area (Å²) in [5, 5.41) is 0. The monoisotopic (exact) mass is 224 g/mol. The largest absolute Gasteiger partial charge is 0.374 e. The Morgan fingerprint density at radius 2 is 2.06 bits per heavy atom. The van der Waals surface area contributed by atoms with E-state index in [0.717, 1.165) is 0 Å². The van der Waals surface area contributed by atoms with Gasteiger partial charge in [-0.05, 0) is 6.92 Å². The van der Waals surface area contributed by atoms with Gasteiger partial charge in [0, 0.05) is 14.2 Å². The number of hydrogen-bond acceptors (Lipinski definition) is 4. The number of nitrogens with zero attached hydrogens (tertiary/aromatic N) is 2. The molecule has 0 saturated carbocycles. The van der Waals surface area contributed by atoms with Crippen LogP contribution in [0.15, 0.2) is 9.59 Å². The second-order valence-corrected chi connectivity index (χ2v) is 3.52. The highest BCUT2D eigenvalue weighted by Gasteiger charge is 2.14. The van der Waals surface area contributed by atoms with E-state index in [0.29, 0.717) is 11.5 Å². The maximum absolute atomic E-state index is 11.5. The van der Waals surface area contributed by atoms with Crippen LogP contribution in [0.1, 0.15) is 18.9 Å². The zero-order chi connectivity index (χ0) is 11.9. The van der Waals surface area contributed by atoms with Gasteiger partial charge in [0.2, 0.25) is 0 Å². The molecule has 86 valence electrons. The van der Waals surface area contributed by atoms with Crippen LogP contribution in [0.3, 0.4) is 0 Å². The molecule has 0 bridgehead atoms. The van der Waals surface area contributed by atoms with Crippen LogP contribution in [0.25, 0.3) is 11.2 Å². The average molecular weight is 224 g/mol. The number of H-pyrrole nitrogens is 2. The van der Waals surface area contributed by atoms with Crippen LogP contribution in [0.2, 0.25) is 0 Å². The van der Waals surface area contributed by atoms with Gasteiger partial charge in [-0.15, -0.1) is 0 Å². The Morgan fingerprint density at radius 3 is 2.69 bits per heavy atom. The fourth-order valence-electron chi connectivity index (χ4n) is 1.43. The lowest BCUT2D eigenvalue weighted by atomic mass is 10.4. The fraction of sp³-hybridized carbons (Fsp3) is 0.444. The van der Waals surface area contributed by atoms with Crippen LogP contribution >= 0.6 is 0 Å². The van der Waals surface area contributed by atoms with Crippen molar-refractivity contribution in [1.29, 1.82) is 0 Å². The zero-order valence-corrected chi connectivity index (χ0v) is 9.20. The molecular formula is C9H12N4O3. The van der Waals surface area contributed by atoms with Gasteiger partial charge in [0.05, 0.1) is 0 Å². The average Bonchev–Trinajstić information content (AvgIpc) is 2.70. The first-order valence-electron chi connectivity index (χ1n) is 4.76. The smallest absolute Gasteiger partial charge is 0.329 e. The Balaban J connectivity index is 2.80. The summed E-state index contributed by atoms with van der Waals surface area (Å²) in [6.45, 7) is 1.80. The molecule has 0 fully saturated rings. The fourth-order valence-corrected chi connectivity index (χ4v) is 1.43. The minimum absolute atomic E-state index is 0.262. The highest BCUT2D eigenvalue weighted by molar-refractivity contribution is 5.69. The summed E-state index contributed by atoms with van der Waals surface area (Å²) in [6, 6.07) is 0. The Bertz CT molecular complexity index is 636. The summed E-state index contributed by atoms with van der Waals surface area (Å²) >= 11 is 0. The highest BCUT2D eigenvalue weighted by atomic mass is 16.5. The van der Waals surface area contributed by atoms with Crippen LogP contribution in [0, 0.1) is 0 Å². The van der Waals surface area contributed by atoms with E-state index in [1.165, 1.54) is 4.57 Å². The molecule has 7 heteroatoms. The third-order valence-corrected chi connectivity index (χ3v) is 2.51. The molecule has 0 amide bonds. The zero-order valence-electron chi connectivity index (χ0n) is 9.20. The first-order chi connectivity index (χ1) is 7.54. The second kappa shape index (κ2) is 3.60. The number of fused-ring (bicyclic) bond motifs is 1. The van der Waals surface area contributed by atoms with Crippen molar-refractivity contribution in [3.05, 3.63) is 26.7 Å². The molecule has 0 aliphatic rings. The molecule has 2 aromatic rings. The van der Waals surface area contributed by atoms with Crippen molar-refractivity contribution < 1.29 is 4.74 Å². The van der Waals surface area contributed by atoms with Crippen LogP contribution in [-0.4, -0.2) is 26.6 Å². The molecule has 0 aliphatic heterocycles. The highest BCUT2D eigenvalue weighted by Crippen LogP contribution is 2.13. The lowest BCUT2D eigenvalue weighted by Gasteiger charge is -2.03. The Morgan fingerprint density at radius 1 is 1.38 bits per heavy atom. The van der Waals surface area contributed by atoms with E-state index in [1.54, 1.807) is 21.1 Å². The SMILES string of the molecule is COC(C)c1nc2c([nH]1)c(=O)[nH]c(=O)n2C. The normalized spacial score (nSPS) is 13.2. The number of aromatic amines is 2. The molecule has 2 rings (SSSR count). The van der Waals surface area contributed by atoms with Crippen molar-refractivity contribution in [1.82, 2.24) is 19.5 Å². The second-order valence-electron chi connectivity index (χ2n) is 3.52. The van der Waals surface area contributed by atoms with Gasteiger partial charge < -0.3 is 9.72 Å². The van der Waals surface area contributed by atoms with E-state index in [-0.39, 0.29) is 11.6 Å². The Kier molecular flexibility index (Phi) is 2.39. The summed E-state index contributed by atoms with van der Waals surface area (Å²) < 4.78 is 6.36. The van der Waals surface area contributed by atoms with Crippen LogP contribution in [0.5, 0.6) is 0 Å². The first-order valence-corrected chi connectivity index (χ1v) is 4.76. The molecule has 1 unspecified atom stereocenters. The van der Waals surface area contributed by atoms with Crippen molar-refractivity contribution in [3.8, 4) is 0 Å². The third-order valence-electron chi connectivity index (χ3n) is 2.51. The predicted octanol–water partition coefficient (Wildman–Crippen LogP) is -0.343. The molecule has 0 aliphatic carbocycles. The number of rotatable bonds is 2. The summed E-state index contributed by atoms with van der Waals surface area (Å²) in [4.78, 5) is 32.0. The minimum Gasteiger partial charge on any atom is -0.374 e. The number of aromatic nitrogens is 4. The number of hydrogen-bond donors (Lipinski definition) is 2. The van der Waals surface area contributed by atoms with Gasteiger partial charge in [-0.1, -0.05) is 0 Å². The number of ether oxygens (including phenoxy) is 1. The van der Waals surface area contributed by atoms with Gasteiger partial charge >= 0.3 is 5.69 Å². The van der Waals surface area contributed by atoms with Gasteiger partial charge in [0.25, 0.3) is 5.56 Å². The molecule has 7 nitrogen and oxygen atoms in total.